The van der Waals surface area contributed by atoms with Crippen LogP contribution < -0.4 is 11.1 Å². The van der Waals surface area contributed by atoms with Gasteiger partial charge in [0, 0.05) is 12.1 Å². The average Bonchev–Trinajstić information content (AvgIpc) is 2.73. The Hall–Kier alpha value is -2.26. The molecular formula is C14H13ClFN5. The summed E-state index contributed by atoms with van der Waals surface area (Å²) in [5.74, 6) is 0.0622. The number of anilines is 2. The number of hydrogen-bond acceptors (Lipinski definition) is 4. The topological polar surface area (TPSA) is 79.7 Å². The maximum Gasteiger partial charge on any atom is 0.168 e. The number of aromatic nitrogens is 2. The van der Waals surface area contributed by atoms with E-state index in [0.29, 0.717) is 17.5 Å². The van der Waals surface area contributed by atoms with E-state index in [1.165, 1.54) is 16.8 Å². The molecule has 108 valence electrons. The molecule has 21 heavy (non-hydrogen) atoms. The molecule has 3 N–H and O–H groups in total. The Kier molecular flexibility index (Phi) is 3.43. The van der Waals surface area contributed by atoms with Crippen molar-refractivity contribution in [3.05, 3.63) is 34.6 Å². The van der Waals surface area contributed by atoms with Crippen molar-refractivity contribution in [2.24, 2.45) is 0 Å². The van der Waals surface area contributed by atoms with Crippen LogP contribution >= 0.6 is 11.6 Å². The number of benzene rings is 1. The Bertz CT molecular complexity index is 730. The molecule has 3 rings (SSSR count). The lowest BCUT2D eigenvalue weighted by Crippen LogP contribution is -2.27. The standard InChI is InChI=1S/C14H13ClFN5/c15-11-5-4-9(6-12(11)16)21-13(18)10(7-17)14(20-21)19-8-2-1-3-8/h4-6,8H,1-3,18H2,(H,19,20). The maximum atomic E-state index is 13.6. The highest BCUT2D eigenvalue weighted by Crippen LogP contribution is 2.29. The van der Waals surface area contributed by atoms with Crippen LogP contribution in [0.15, 0.2) is 18.2 Å². The fourth-order valence-electron chi connectivity index (χ4n) is 2.20. The Labute approximate surface area is 126 Å². The molecule has 0 bridgehead atoms. The number of hydrogen-bond donors (Lipinski definition) is 2. The van der Waals surface area contributed by atoms with Crippen molar-refractivity contribution in [2.45, 2.75) is 25.3 Å². The number of nitrogens with two attached hydrogens (primary N) is 1. The van der Waals surface area contributed by atoms with Crippen LogP contribution in [0.3, 0.4) is 0 Å². The number of rotatable bonds is 3. The summed E-state index contributed by atoms with van der Waals surface area (Å²) in [4.78, 5) is 0. The van der Waals surface area contributed by atoms with E-state index < -0.39 is 5.82 Å². The molecule has 0 saturated heterocycles. The fourth-order valence-corrected chi connectivity index (χ4v) is 2.32. The zero-order valence-corrected chi connectivity index (χ0v) is 11.9. The zero-order chi connectivity index (χ0) is 15.0. The van der Waals surface area contributed by atoms with Crippen molar-refractivity contribution >= 4 is 23.2 Å². The highest BCUT2D eigenvalue weighted by molar-refractivity contribution is 6.30. The van der Waals surface area contributed by atoms with Gasteiger partial charge in [-0.25, -0.2) is 9.07 Å². The minimum Gasteiger partial charge on any atom is -0.382 e. The van der Waals surface area contributed by atoms with Gasteiger partial charge < -0.3 is 11.1 Å². The van der Waals surface area contributed by atoms with Crippen LogP contribution in [-0.4, -0.2) is 15.8 Å². The monoisotopic (exact) mass is 305 g/mol. The van der Waals surface area contributed by atoms with Gasteiger partial charge in [0.2, 0.25) is 0 Å². The first-order valence-corrected chi connectivity index (χ1v) is 6.98. The lowest BCUT2D eigenvalue weighted by molar-refractivity contribution is 0.444. The molecule has 1 saturated carbocycles. The van der Waals surface area contributed by atoms with Gasteiger partial charge in [-0.3, -0.25) is 0 Å². The van der Waals surface area contributed by atoms with Gasteiger partial charge in [-0.05, 0) is 31.4 Å². The van der Waals surface area contributed by atoms with Crippen LogP contribution in [0.2, 0.25) is 5.02 Å². The van der Waals surface area contributed by atoms with E-state index in [2.05, 4.69) is 10.4 Å². The molecule has 1 aliphatic rings. The Morgan fingerprint density at radius 1 is 1.48 bits per heavy atom. The van der Waals surface area contributed by atoms with E-state index in [1.807, 2.05) is 6.07 Å². The molecule has 1 aromatic heterocycles. The van der Waals surface area contributed by atoms with Crippen LogP contribution in [0.4, 0.5) is 16.0 Å². The number of nitrogen functional groups attached to an aromatic ring is 1. The normalized spacial score (nSPS) is 14.5. The van der Waals surface area contributed by atoms with E-state index >= 15 is 0 Å². The van der Waals surface area contributed by atoms with Gasteiger partial charge in [-0.1, -0.05) is 11.6 Å². The van der Waals surface area contributed by atoms with Gasteiger partial charge in [0.15, 0.2) is 5.82 Å². The largest absolute Gasteiger partial charge is 0.382 e. The second-order valence-corrected chi connectivity index (χ2v) is 5.41. The molecule has 0 unspecified atom stereocenters. The second kappa shape index (κ2) is 5.26. The van der Waals surface area contributed by atoms with Crippen molar-refractivity contribution < 1.29 is 4.39 Å². The van der Waals surface area contributed by atoms with Crippen molar-refractivity contribution in [3.63, 3.8) is 0 Å². The molecule has 2 aromatic rings. The molecule has 1 fully saturated rings. The summed E-state index contributed by atoms with van der Waals surface area (Å²) in [6.07, 6.45) is 3.26. The van der Waals surface area contributed by atoms with Gasteiger partial charge in [0.05, 0.1) is 10.7 Å². The quantitative estimate of drug-likeness (QED) is 0.913. The van der Waals surface area contributed by atoms with Crippen molar-refractivity contribution in [1.29, 1.82) is 5.26 Å². The van der Waals surface area contributed by atoms with Gasteiger partial charge in [0.25, 0.3) is 0 Å². The minimum absolute atomic E-state index is 0.0257. The third kappa shape index (κ3) is 2.41. The molecule has 0 amide bonds. The Morgan fingerprint density at radius 2 is 2.24 bits per heavy atom. The molecule has 1 aliphatic carbocycles. The molecule has 7 heteroatoms. The first-order chi connectivity index (χ1) is 10.1. The smallest absolute Gasteiger partial charge is 0.168 e. The first kappa shape index (κ1) is 13.7. The molecule has 0 aliphatic heterocycles. The van der Waals surface area contributed by atoms with Crippen molar-refractivity contribution in [3.8, 4) is 11.8 Å². The zero-order valence-electron chi connectivity index (χ0n) is 11.1. The Morgan fingerprint density at radius 3 is 2.81 bits per heavy atom. The van der Waals surface area contributed by atoms with Crippen molar-refractivity contribution in [1.82, 2.24) is 9.78 Å². The Balaban J connectivity index is 2.02. The van der Waals surface area contributed by atoms with Gasteiger partial charge >= 0.3 is 0 Å². The molecule has 0 spiro atoms. The molecule has 1 aromatic carbocycles. The number of nitriles is 1. The molecule has 1 heterocycles. The highest BCUT2D eigenvalue weighted by atomic mass is 35.5. The molecule has 0 radical (unpaired) electrons. The lowest BCUT2D eigenvalue weighted by Gasteiger charge is -2.26. The van der Waals surface area contributed by atoms with Crippen LogP contribution in [0.1, 0.15) is 24.8 Å². The predicted octanol–water partition coefficient (Wildman–Crippen LogP) is 3.08. The maximum absolute atomic E-state index is 13.6. The van der Waals surface area contributed by atoms with E-state index in [9.17, 15) is 9.65 Å². The van der Waals surface area contributed by atoms with E-state index in [0.717, 1.165) is 19.3 Å². The predicted molar refractivity (Wildman–Crippen MR) is 78.9 cm³/mol. The van der Waals surface area contributed by atoms with Crippen molar-refractivity contribution in [2.75, 3.05) is 11.1 Å². The lowest BCUT2D eigenvalue weighted by atomic mass is 9.93. The average molecular weight is 306 g/mol. The second-order valence-electron chi connectivity index (χ2n) is 5.00. The summed E-state index contributed by atoms with van der Waals surface area (Å²) in [6, 6.07) is 6.63. The van der Waals surface area contributed by atoms with Gasteiger partial charge in [-0.15, -0.1) is 5.10 Å². The number of nitrogens with one attached hydrogen (secondary N) is 1. The third-order valence-electron chi connectivity index (χ3n) is 3.63. The summed E-state index contributed by atoms with van der Waals surface area (Å²) in [7, 11) is 0. The first-order valence-electron chi connectivity index (χ1n) is 6.60. The van der Waals surface area contributed by atoms with Gasteiger partial charge in [-0.2, -0.15) is 5.26 Å². The van der Waals surface area contributed by atoms with E-state index in [1.54, 1.807) is 6.07 Å². The summed E-state index contributed by atoms with van der Waals surface area (Å²) in [6.45, 7) is 0. The molecule has 5 nitrogen and oxygen atoms in total. The third-order valence-corrected chi connectivity index (χ3v) is 3.93. The number of halogens is 2. The van der Waals surface area contributed by atoms with Gasteiger partial charge in [0.1, 0.15) is 23.3 Å². The van der Waals surface area contributed by atoms with Crippen LogP contribution in [0, 0.1) is 17.1 Å². The summed E-state index contributed by atoms with van der Waals surface area (Å²) < 4.78 is 14.9. The van der Waals surface area contributed by atoms with Crippen LogP contribution in [-0.2, 0) is 0 Å². The minimum atomic E-state index is -0.559. The van der Waals surface area contributed by atoms with Crippen LogP contribution in [0.5, 0.6) is 0 Å². The van der Waals surface area contributed by atoms with Crippen LogP contribution in [0.25, 0.3) is 5.69 Å². The van der Waals surface area contributed by atoms with E-state index in [-0.39, 0.29) is 16.4 Å². The SMILES string of the molecule is N#Cc1c(NC2CCC2)nn(-c2ccc(Cl)c(F)c2)c1N. The van der Waals surface area contributed by atoms with E-state index in [4.69, 9.17) is 17.3 Å². The summed E-state index contributed by atoms with van der Waals surface area (Å²) in [5, 5.41) is 16.8. The highest BCUT2D eigenvalue weighted by Gasteiger charge is 2.23. The molecular weight excluding hydrogens is 293 g/mol. The fraction of sp³-hybridized carbons (Fsp3) is 0.286. The number of nitrogens with zero attached hydrogens (tertiary/aromatic N) is 3. The molecule has 0 atom stereocenters. The summed E-state index contributed by atoms with van der Waals surface area (Å²) >= 11 is 5.67. The summed E-state index contributed by atoms with van der Waals surface area (Å²) in [5.41, 5.74) is 6.65.